The van der Waals surface area contributed by atoms with Gasteiger partial charge in [-0.05, 0) is 45.4 Å². The van der Waals surface area contributed by atoms with Crippen LogP contribution in [0, 0.1) is 0 Å². The zero-order chi connectivity index (χ0) is 16.5. The van der Waals surface area contributed by atoms with E-state index < -0.39 is 0 Å². The molecule has 1 unspecified atom stereocenters. The highest BCUT2D eigenvalue weighted by atomic mass is 16.5. The molecule has 0 heterocycles. The van der Waals surface area contributed by atoms with Crippen LogP contribution in [0.4, 0.5) is 0 Å². The molecule has 0 amide bonds. The summed E-state index contributed by atoms with van der Waals surface area (Å²) in [7, 11) is 0. The Morgan fingerprint density at radius 3 is 2.00 bits per heavy atom. The van der Waals surface area contributed by atoms with Crippen LogP contribution in [-0.4, -0.2) is 12.1 Å². The molecule has 0 spiro atoms. The smallest absolute Gasteiger partial charge is 0.302 e. The van der Waals surface area contributed by atoms with E-state index in [4.69, 9.17) is 4.74 Å². The van der Waals surface area contributed by atoms with E-state index in [1.807, 2.05) is 0 Å². The molecule has 0 aliphatic heterocycles. The molecule has 0 radical (unpaired) electrons. The van der Waals surface area contributed by atoms with Gasteiger partial charge in [0, 0.05) is 6.92 Å². The summed E-state index contributed by atoms with van der Waals surface area (Å²) in [4.78, 5) is 11.1. The monoisotopic (exact) mass is 310 g/mol. The van der Waals surface area contributed by atoms with E-state index in [-0.39, 0.29) is 12.1 Å². The Bertz CT molecular complexity index is 271. The molecular formula is C20H38O2. The highest BCUT2D eigenvalue weighted by Crippen LogP contribution is 2.16. The maximum Gasteiger partial charge on any atom is 0.302 e. The van der Waals surface area contributed by atoms with Crippen LogP contribution in [0.1, 0.15) is 104 Å². The minimum atomic E-state index is -0.123. The van der Waals surface area contributed by atoms with E-state index in [9.17, 15) is 4.79 Å². The molecule has 0 aromatic heterocycles. The summed E-state index contributed by atoms with van der Waals surface area (Å²) in [5.74, 6) is -0.123. The van der Waals surface area contributed by atoms with Gasteiger partial charge >= 0.3 is 5.97 Å². The van der Waals surface area contributed by atoms with Crippen molar-refractivity contribution in [2.75, 3.05) is 0 Å². The second-order valence-electron chi connectivity index (χ2n) is 6.35. The molecule has 2 heteroatoms. The van der Waals surface area contributed by atoms with Gasteiger partial charge < -0.3 is 4.74 Å². The van der Waals surface area contributed by atoms with Crippen molar-refractivity contribution in [3.63, 3.8) is 0 Å². The number of rotatable bonds is 15. The first-order valence-electron chi connectivity index (χ1n) is 9.49. The first kappa shape index (κ1) is 21.2. The molecule has 0 fully saturated rings. The Morgan fingerprint density at radius 1 is 0.909 bits per heavy atom. The Morgan fingerprint density at radius 2 is 1.45 bits per heavy atom. The SMILES string of the molecule is CC=CCCCCCCCCCC(CCCCC)OC(C)=O. The second-order valence-corrected chi connectivity index (χ2v) is 6.35. The van der Waals surface area contributed by atoms with Gasteiger partial charge in [0.05, 0.1) is 0 Å². The fourth-order valence-electron chi connectivity index (χ4n) is 2.80. The Hall–Kier alpha value is -0.790. The van der Waals surface area contributed by atoms with Gasteiger partial charge in [0.15, 0.2) is 0 Å². The summed E-state index contributed by atoms with van der Waals surface area (Å²) >= 11 is 0. The average molecular weight is 311 g/mol. The van der Waals surface area contributed by atoms with Crippen LogP contribution in [0.3, 0.4) is 0 Å². The first-order chi connectivity index (χ1) is 10.7. The lowest BCUT2D eigenvalue weighted by Gasteiger charge is -2.16. The zero-order valence-corrected chi connectivity index (χ0v) is 15.2. The number of ether oxygens (including phenoxy) is 1. The molecule has 0 rings (SSSR count). The van der Waals surface area contributed by atoms with E-state index >= 15 is 0 Å². The second kappa shape index (κ2) is 16.6. The molecule has 0 bridgehead atoms. The minimum Gasteiger partial charge on any atom is -0.463 e. The summed E-state index contributed by atoms with van der Waals surface area (Å²) in [6.07, 6.45) is 20.7. The first-order valence-corrected chi connectivity index (χ1v) is 9.49. The number of esters is 1. The molecule has 0 saturated heterocycles. The molecule has 0 aromatic carbocycles. The standard InChI is InChI=1S/C20H38O2/c1-4-6-8-9-10-11-12-13-14-16-18-20(22-19(3)21)17-15-7-5-2/h4,6,20H,5,7-18H2,1-3H3. The zero-order valence-electron chi connectivity index (χ0n) is 15.2. The quantitative estimate of drug-likeness (QED) is 0.194. The molecule has 0 N–H and O–H groups in total. The largest absolute Gasteiger partial charge is 0.463 e. The molecule has 0 aliphatic carbocycles. The van der Waals surface area contributed by atoms with E-state index in [0.29, 0.717) is 0 Å². The third-order valence-electron chi connectivity index (χ3n) is 4.09. The van der Waals surface area contributed by atoms with Crippen LogP contribution < -0.4 is 0 Å². The number of carbonyl (C=O) groups is 1. The van der Waals surface area contributed by atoms with Crippen molar-refractivity contribution in [1.82, 2.24) is 0 Å². The summed E-state index contributed by atoms with van der Waals surface area (Å²) in [6, 6.07) is 0. The van der Waals surface area contributed by atoms with Gasteiger partial charge in [-0.2, -0.15) is 0 Å². The summed E-state index contributed by atoms with van der Waals surface area (Å²) in [5.41, 5.74) is 0. The molecular weight excluding hydrogens is 272 g/mol. The Kier molecular flexibility index (Phi) is 16.0. The van der Waals surface area contributed by atoms with Gasteiger partial charge in [0.25, 0.3) is 0 Å². The lowest BCUT2D eigenvalue weighted by atomic mass is 10.0. The number of hydrogen-bond acceptors (Lipinski definition) is 2. The number of allylic oxidation sites excluding steroid dienone is 2. The molecule has 1 atom stereocenters. The van der Waals surface area contributed by atoms with E-state index in [1.54, 1.807) is 0 Å². The van der Waals surface area contributed by atoms with Crippen molar-refractivity contribution in [3.8, 4) is 0 Å². The molecule has 22 heavy (non-hydrogen) atoms. The topological polar surface area (TPSA) is 26.3 Å². The van der Waals surface area contributed by atoms with Crippen LogP contribution in [0.2, 0.25) is 0 Å². The highest BCUT2D eigenvalue weighted by molar-refractivity contribution is 5.66. The number of unbranched alkanes of at least 4 members (excludes halogenated alkanes) is 9. The predicted molar refractivity (Wildman–Crippen MR) is 96.1 cm³/mol. The van der Waals surface area contributed by atoms with Crippen LogP contribution >= 0.6 is 0 Å². The van der Waals surface area contributed by atoms with Crippen molar-refractivity contribution in [1.29, 1.82) is 0 Å². The van der Waals surface area contributed by atoms with Crippen molar-refractivity contribution in [3.05, 3.63) is 12.2 Å². The molecule has 130 valence electrons. The van der Waals surface area contributed by atoms with Crippen LogP contribution in [-0.2, 0) is 9.53 Å². The maximum absolute atomic E-state index is 11.1. The Balaban J connectivity index is 3.51. The fourth-order valence-corrected chi connectivity index (χ4v) is 2.80. The summed E-state index contributed by atoms with van der Waals surface area (Å²) in [5, 5.41) is 0. The van der Waals surface area contributed by atoms with Gasteiger partial charge in [-0.15, -0.1) is 0 Å². The number of hydrogen-bond donors (Lipinski definition) is 0. The Labute approximate surface area is 138 Å². The molecule has 0 saturated carbocycles. The van der Waals surface area contributed by atoms with E-state index in [1.165, 1.54) is 77.6 Å². The highest BCUT2D eigenvalue weighted by Gasteiger charge is 2.11. The minimum absolute atomic E-state index is 0.123. The summed E-state index contributed by atoms with van der Waals surface area (Å²) in [6.45, 7) is 5.82. The van der Waals surface area contributed by atoms with Crippen molar-refractivity contribution >= 4 is 5.97 Å². The predicted octanol–water partition coefficient (Wildman–Crippen LogP) is 6.59. The third-order valence-corrected chi connectivity index (χ3v) is 4.09. The maximum atomic E-state index is 11.1. The molecule has 0 aliphatic rings. The van der Waals surface area contributed by atoms with Gasteiger partial charge in [0.2, 0.25) is 0 Å². The van der Waals surface area contributed by atoms with Crippen LogP contribution in [0.15, 0.2) is 12.2 Å². The fraction of sp³-hybridized carbons (Fsp3) is 0.850. The summed E-state index contributed by atoms with van der Waals surface area (Å²) < 4.78 is 5.43. The average Bonchev–Trinajstić information content (AvgIpc) is 2.48. The van der Waals surface area contributed by atoms with Gasteiger partial charge in [-0.1, -0.05) is 64.0 Å². The van der Waals surface area contributed by atoms with E-state index in [0.717, 1.165) is 12.8 Å². The van der Waals surface area contributed by atoms with Crippen LogP contribution in [0.25, 0.3) is 0 Å². The van der Waals surface area contributed by atoms with Crippen molar-refractivity contribution in [2.24, 2.45) is 0 Å². The molecule has 0 aromatic rings. The number of carbonyl (C=O) groups excluding carboxylic acids is 1. The normalized spacial score (nSPS) is 12.7. The van der Waals surface area contributed by atoms with Crippen molar-refractivity contribution in [2.45, 2.75) is 110 Å². The molecule has 2 nitrogen and oxygen atoms in total. The lowest BCUT2D eigenvalue weighted by molar-refractivity contribution is -0.147. The van der Waals surface area contributed by atoms with E-state index in [2.05, 4.69) is 26.0 Å². The third kappa shape index (κ3) is 15.6. The van der Waals surface area contributed by atoms with Crippen molar-refractivity contribution < 1.29 is 9.53 Å². The van der Waals surface area contributed by atoms with Gasteiger partial charge in [-0.25, -0.2) is 0 Å². The van der Waals surface area contributed by atoms with Crippen LogP contribution in [0.5, 0.6) is 0 Å². The van der Waals surface area contributed by atoms with Gasteiger partial charge in [0.1, 0.15) is 6.10 Å². The van der Waals surface area contributed by atoms with Gasteiger partial charge in [-0.3, -0.25) is 4.79 Å². The lowest BCUT2D eigenvalue weighted by Crippen LogP contribution is -2.16.